The Hall–Kier alpha value is -2.96. The maximum Gasteiger partial charge on any atom is 0.0249 e. The van der Waals surface area contributed by atoms with E-state index in [1.165, 1.54) is 0 Å². The van der Waals surface area contributed by atoms with Gasteiger partial charge in [0, 0.05) is 11.1 Å². The Bertz CT molecular complexity index is 725. The second kappa shape index (κ2) is 5.79. The molecule has 0 nitrogen and oxygen atoms in total. The van der Waals surface area contributed by atoms with Crippen molar-refractivity contribution in [3.8, 4) is 23.7 Å². The molecule has 94 valence electrons. The van der Waals surface area contributed by atoms with Crippen LogP contribution in [0.15, 0.2) is 72.8 Å². The minimum Gasteiger partial charge on any atom is -0.199 e. The van der Waals surface area contributed by atoms with E-state index in [1.54, 1.807) is 0 Å². The Kier molecular flexibility index (Phi) is 3.50. The summed E-state index contributed by atoms with van der Waals surface area (Å²) in [4.78, 5) is 0. The van der Waals surface area contributed by atoms with E-state index in [2.05, 4.69) is 23.7 Å². The van der Waals surface area contributed by atoms with Gasteiger partial charge in [0.2, 0.25) is 0 Å². The molecule has 0 atom stereocenters. The van der Waals surface area contributed by atoms with Crippen molar-refractivity contribution in [1.29, 1.82) is 0 Å². The van der Waals surface area contributed by atoms with Gasteiger partial charge in [-0.25, -0.2) is 0 Å². The number of hydrogen-bond acceptors (Lipinski definition) is 0. The third-order valence-electron chi connectivity index (χ3n) is 2.89. The fraction of sp³-hybridized carbons (Fsp3) is 0. The van der Waals surface area contributed by atoms with E-state index in [9.17, 15) is 0 Å². The number of rotatable bonds is 0. The SMILES string of the molecule is C(#Cc1cccc(C#Cc2ccc[cH-]2)c1)c1cc[cH-]c1. The number of hydrogen-bond donors (Lipinski definition) is 0. The predicted molar refractivity (Wildman–Crippen MR) is 82.5 cm³/mol. The molecule has 0 saturated carbocycles. The lowest BCUT2D eigenvalue weighted by Crippen LogP contribution is -1.78. The summed E-state index contributed by atoms with van der Waals surface area (Å²) in [5, 5.41) is 0. The zero-order valence-electron chi connectivity index (χ0n) is 10.9. The first-order valence-corrected chi connectivity index (χ1v) is 6.48. The molecule has 0 bridgehead atoms. The molecular formula is C20H12-2. The zero-order chi connectivity index (χ0) is 13.6. The van der Waals surface area contributed by atoms with Crippen LogP contribution >= 0.6 is 0 Å². The fourth-order valence-electron chi connectivity index (χ4n) is 1.88. The molecule has 0 radical (unpaired) electrons. The largest absolute Gasteiger partial charge is 0.199 e. The highest BCUT2D eigenvalue weighted by atomic mass is 13.9. The Morgan fingerprint density at radius 2 is 1.50 bits per heavy atom. The zero-order valence-corrected chi connectivity index (χ0v) is 10.9. The second-order valence-electron chi connectivity index (χ2n) is 4.43. The molecule has 0 heterocycles. The van der Waals surface area contributed by atoms with Crippen LogP contribution in [0, 0.1) is 23.7 Å². The van der Waals surface area contributed by atoms with Crippen molar-refractivity contribution in [3.63, 3.8) is 0 Å². The van der Waals surface area contributed by atoms with Crippen molar-refractivity contribution in [3.05, 3.63) is 95.1 Å². The van der Waals surface area contributed by atoms with Gasteiger partial charge < -0.3 is 0 Å². The lowest BCUT2D eigenvalue weighted by Gasteiger charge is -1.95. The summed E-state index contributed by atoms with van der Waals surface area (Å²) in [6, 6.07) is 24.0. The minimum absolute atomic E-state index is 0.987. The first-order chi connectivity index (χ1) is 9.90. The van der Waals surface area contributed by atoms with Crippen LogP contribution < -0.4 is 0 Å². The molecule has 3 rings (SSSR count). The van der Waals surface area contributed by atoms with Gasteiger partial charge in [0.25, 0.3) is 0 Å². The molecule has 0 aliphatic heterocycles. The summed E-state index contributed by atoms with van der Waals surface area (Å²) in [5.74, 6) is 12.6. The van der Waals surface area contributed by atoms with Crippen LogP contribution in [0.2, 0.25) is 0 Å². The molecule has 0 unspecified atom stereocenters. The van der Waals surface area contributed by atoms with Gasteiger partial charge in [-0.1, -0.05) is 12.0 Å². The van der Waals surface area contributed by atoms with Gasteiger partial charge in [-0.3, -0.25) is 0 Å². The highest BCUT2D eigenvalue weighted by Gasteiger charge is 1.88. The average molecular weight is 252 g/mol. The molecule has 0 aliphatic rings. The maximum absolute atomic E-state index is 3.16. The van der Waals surface area contributed by atoms with Crippen molar-refractivity contribution in [1.82, 2.24) is 0 Å². The highest BCUT2D eigenvalue weighted by molar-refractivity contribution is 5.49. The molecule has 3 aromatic rings. The van der Waals surface area contributed by atoms with Gasteiger partial charge in [-0.2, -0.15) is 48.4 Å². The second-order valence-corrected chi connectivity index (χ2v) is 4.43. The van der Waals surface area contributed by atoms with Gasteiger partial charge >= 0.3 is 0 Å². The third kappa shape index (κ3) is 3.08. The molecule has 3 aromatic carbocycles. The summed E-state index contributed by atoms with van der Waals surface area (Å²) in [6.45, 7) is 0. The predicted octanol–water partition coefficient (Wildman–Crippen LogP) is 3.92. The Balaban J connectivity index is 1.83. The molecule has 0 aromatic heterocycles. The molecule has 0 heteroatoms. The highest BCUT2D eigenvalue weighted by Crippen LogP contribution is 2.05. The standard InChI is InChI=1S/C20H12/c1-2-7-17(6-1)12-14-19-10-5-11-20(16-19)15-13-18-8-3-4-9-18/h1-11,16H/q-2. The van der Waals surface area contributed by atoms with E-state index in [4.69, 9.17) is 0 Å². The summed E-state index contributed by atoms with van der Waals surface area (Å²) in [7, 11) is 0. The maximum atomic E-state index is 3.16. The molecular weight excluding hydrogens is 240 g/mol. The normalized spacial score (nSPS) is 9.20. The van der Waals surface area contributed by atoms with E-state index < -0.39 is 0 Å². The summed E-state index contributed by atoms with van der Waals surface area (Å²) in [5.41, 5.74) is 4.05. The first-order valence-electron chi connectivity index (χ1n) is 6.48. The molecule has 0 aliphatic carbocycles. The van der Waals surface area contributed by atoms with Gasteiger partial charge in [-0.05, 0) is 18.2 Å². The molecule has 0 N–H and O–H groups in total. The van der Waals surface area contributed by atoms with E-state index >= 15 is 0 Å². The molecule has 0 amide bonds. The van der Waals surface area contributed by atoms with Crippen molar-refractivity contribution in [2.45, 2.75) is 0 Å². The van der Waals surface area contributed by atoms with Crippen LogP contribution in [0.25, 0.3) is 0 Å². The lowest BCUT2D eigenvalue weighted by atomic mass is 10.1. The van der Waals surface area contributed by atoms with Gasteiger partial charge in [0.1, 0.15) is 0 Å². The van der Waals surface area contributed by atoms with Gasteiger partial charge in [-0.15, -0.1) is 29.0 Å². The average Bonchev–Trinajstić information content (AvgIpc) is 3.17. The minimum atomic E-state index is 0.987. The lowest BCUT2D eigenvalue weighted by molar-refractivity contribution is 1.59. The van der Waals surface area contributed by atoms with Gasteiger partial charge in [0.15, 0.2) is 0 Å². The smallest absolute Gasteiger partial charge is 0.0249 e. The molecule has 20 heavy (non-hydrogen) atoms. The first kappa shape index (κ1) is 12.1. The molecule has 0 saturated heterocycles. The Labute approximate surface area is 119 Å². The third-order valence-corrected chi connectivity index (χ3v) is 2.89. The monoisotopic (exact) mass is 252 g/mol. The van der Waals surface area contributed by atoms with Crippen molar-refractivity contribution in [2.24, 2.45) is 0 Å². The van der Waals surface area contributed by atoms with Crippen LogP contribution in [0.5, 0.6) is 0 Å². The van der Waals surface area contributed by atoms with Crippen LogP contribution in [0.3, 0.4) is 0 Å². The van der Waals surface area contributed by atoms with E-state index in [1.807, 2.05) is 72.8 Å². The van der Waals surface area contributed by atoms with Crippen molar-refractivity contribution in [2.75, 3.05) is 0 Å². The quantitative estimate of drug-likeness (QED) is 0.420. The van der Waals surface area contributed by atoms with E-state index in [0.717, 1.165) is 22.3 Å². The Morgan fingerprint density at radius 3 is 2.20 bits per heavy atom. The molecule has 0 spiro atoms. The van der Waals surface area contributed by atoms with Crippen LogP contribution in [-0.4, -0.2) is 0 Å². The van der Waals surface area contributed by atoms with Gasteiger partial charge in [0.05, 0.1) is 0 Å². The fourth-order valence-corrected chi connectivity index (χ4v) is 1.88. The summed E-state index contributed by atoms with van der Waals surface area (Å²) >= 11 is 0. The van der Waals surface area contributed by atoms with Crippen molar-refractivity contribution >= 4 is 0 Å². The van der Waals surface area contributed by atoms with E-state index in [0.29, 0.717) is 0 Å². The summed E-state index contributed by atoms with van der Waals surface area (Å²) in [6.07, 6.45) is 0. The number of benzene rings is 1. The van der Waals surface area contributed by atoms with Crippen LogP contribution in [-0.2, 0) is 0 Å². The van der Waals surface area contributed by atoms with Crippen LogP contribution in [0.4, 0.5) is 0 Å². The topological polar surface area (TPSA) is 0 Å². The van der Waals surface area contributed by atoms with Crippen LogP contribution in [0.1, 0.15) is 22.3 Å². The summed E-state index contributed by atoms with van der Waals surface area (Å²) < 4.78 is 0. The molecule has 0 fully saturated rings. The van der Waals surface area contributed by atoms with Crippen molar-refractivity contribution < 1.29 is 0 Å². The van der Waals surface area contributed by atoms with E-state index in [-0.39, 0.29) is 0 Å². The Morgan fingerprint density at radius 1 is 0.700 bits per heavy atom.